The third-order valence-corrected chi connectivity index (χ3v) is 5.27. The predicted octanol–water partition coefficient (Wildman–Crippen LogP) is 1.39. The molecule has 2 unspecified atom stereocenters. The molecule has 0 saturated carbocycles. The molecule has 0 aliphatic carbocycles. The third kappa shape index (κ3) is 4.23. The van der Waals surface area contributed by atoms with Crippen molar-refractivity contribution in [3.8, 4) is 0 Å². The highest BCUT2D eigenvalue weighted by atomic mass is 32.2. The highest BCUT2D eigenvalue weighted by Gasteiger charge is 2.28. The van der Waals surface area contributed by atoms with E-state index in [0.717, 1.165) is 12.8 Å². The number of nitrogens with two attached hydrogens (primary N) is 1. The van der Waals surface area contributed by atoms with Gasteiger partial charge in [-0.1, -0.05) is 18.2 Å². The van der Waals surface area contributed by atoms with Crippen LogP contribution in [0.3, 0.4) is 0 Å². The van der Waals surface area contributed by atoms with Crippen molar-refractivity contribution >= 4 is 10.0 Å². The van der Waals surface area contributed by atoms with Crippen LogP contribution in [-0.4, -0.2) is 32.1 Å². The van der Waals surface area contributed by atoms with Crippen molar-refractivity contribution in [2.75, 3.05) is 19.3 Å². The second kappa shape index (κ2) is 6.83. The van der Waals surface area contributed by atoms with Crippen LogP contribution in [0.15, 0.2) is 24.3 Å². The lowest BCUT2D eigenvalue weighted by molar-refractivity contribution is 0.237. The van der Waals surface area contributed by atoms with E-state index in [1.807, 2.05) is 0 Å². The monoisotopic (exact) mass is 315 g/mol. The quantitative estimate of drug-likeness (QED) is 0.636. The molecule has 1 aromatic carbocycles. The molecule has 118 valence electrons. The van der Waals surface area contributed by atoms with Crippen LogP contribution in [0.4, 0.5) is 4.39 Å². The summed E-state index contributed by atoms with van der Waals surface area (Å²) in [6.45, 7) is 1.04. The van der Waals surface area contributed by atoms with Gasteiger partial charge in [-0.25, -0.2) is 17.1 Å². The Morgan fingerprint density at radius 2 is 2.19 bits per heavy atom. The number of nitrogens with one attached hydrogen (secondary N) is 1. The number of rotatable bonds is 5. The topological polar surface area (TPSA) is 75.4 Å². The molecule has 5 nitrogen and oxygen atoms in total. The molecule has 2 rings (SSSR count). The van der Waals surface area contributed by atoms with Crippen LogP contribution < -0.4 is 11.3 Å². The van der Waals surface area contributed by atoms with Crippen LogP contribution >= 0.6 is 0 Å². The van der Waals surface area contributed by atoms with Crippen molar-refractivity contribution in [2.45, 2.75) is 25.3 Å². The molecule has 2 atom stereocenters. The number of hydrogen-bond acceptors (Lipinski definition) is 4. The summed E-state index contributed by atoms with van der Waals surface area (Å²) >= 11 is 0. The minimum atomic E-state index is -3.17. The van der Waals surface area contributed by atoms with E-state index in [1.54, 1.807) is 18.2 Å². The van der Waals surface area contributed by atoms with Gasteiger partial charge in [0.2, 0.25) is 10.0 Å². The van der Waals surface area contributed by atoms with Crippen LogP contribution in [0.25, 0.3) is 0 Å². The molecule has 1 aliphatic heterocycles. The minimum absolute atomic E-state index is 0.175. The first-order valence-corrected chi connectivity index (χ1v) is 8.92. The molecule has 7 heteroatoms. The van der Waals surface area contributed by atoms with E-state index in [-0.39, 0.29) is 17.8 Å². The second-order valence-corrected chi connectivity index (χ2v) is 7.59. The van der Waals surface area contributed by atoms with Gasteiger partial charge in [0, 0.05) is 24.7 Å². The molecule has 1 aromatic rings. The van der Waals surface area contributed by atoms with Gasteiger partial charge in [-0.15, -0.1) is 0 Å². The maximum Gasteiger partial charge on any atom is 0.211 e. The number of nitrogens with zero attached hydrogens (tertiary/aromatic N) is 1. The first-order valence-electron chi connectivity index (χ1n) is 7.07. The maximum atomic E-state index is 13.8. The van der Waals surface area contributed by atoms with E-state index in [2.05, 4.69) is 5.43 Å². The lowest BCUT2D eigenvalue weighted by atomic mass is 9.89. The molecule has 3 N–H and O–H groups in total. The Balaban J connectivity index is 2.07. The van der Waals surface area contributed by atoms with Crippen molar-refractivity contribution in [1.82, 2.24) is 9.73 Å². The fourth-order valence-electron chi connectivity index (χ4n) is 2.90. The van der Waals surface area contributed by atoms with Crippen molar-refractivity contribution in [3.63, 3.8) is 0 Å². The van der Waals surface area contributed by atoms with Crippen molar-refractivity contribution < 1.29 is 12.8 Å². The summed E-state index contributed by atoms with van der Waals surface area (Å²) in [6.07, 6.45) is 3.60. The Kier molecular flexibility index (Phi) is 5.32. The zero-order chi connectivity index (χ0) is 15.5. The van der Waals surface area contributed by atoms with Crippen LogP contribution in [0.1, 0.15) is 30.9 Å². The van der Waals surface area contributed by atoms with Crippen LogP contribution in [0.5, 0.6) is 0 Å². The van der Waals surface area contributed by atoms with E-state index in [1.165, 1.54) is 16.6 Å². The Morgan fingerprint density at radius 1 is 1.48 bits per heavy atom. The fraction of sp³-hybridized carbons (Fsp3) is 0.571. The largest absolute Gasteiger partial charge is 0.271 e. The summed E-state index contributed by atoms with van der Waals surface area (Å²) in [7, 11) is -3.17. The Hall–Kier alpha value is -1.02. The number of hydrogen-bond donors (Lipinski definition) is 2. The summed E-state index contributed by atoms with van der Waals surface area (Å²) < 4.78 is 38.6. The smallest absolute Gasteiger partial charge is 0.211 e. The fourth-order valence-corrected chi connectivity index (χ4v) is 3.84. The molecule has 1 aliphatic rings. The highest BCUT2D eigenvalue weighted by molar-refractivity contribution is 7.88. The standard InChI is InChI=1S/C14H22FN3O2S/c1-21(19,20)18-8-4-5-11(10-18)9-14(17-16)12-6-2-3-7-13(12)15/h2-3,6-7,11,14,17H,4-5,8-10,16H2,1H3. The number of sulfonamides is 1. The SMILES string of the molecule is CS(=O)(=O)N1CCCC(CC(NN)c2ccccc2F)C1. The molecule has 1 fully saturated rings. The first-order chi connectivity index (χ1) is 9.91. The average Bonchev–Trinajstić information content (AvgIpc) is 2.45. The molecular formula is C14H22FN3O2S. The minimum Gasteiger partial charge on any atom is -0.271 e. The second-order valence-electron chi connectivity index (χ2n) is 5.61. The van der Waals surface area contributed by atoms with E-state index in [0.29, 0.717) is 25.1 Å². The van der Waals surface area contributed by atoms with Gasteiger partial charge < -0.3 is 0 Å². The van der Waals surface area contributed by atoms with E-state index < -0.39 is 10.0 Å². The van der Waals surface area contributed by atoms with Gasteiger partial charge in [-0.05, 0) is 31.2 Å². The molecule has 1 heterocycles. The average molecular weight is 315 g/mol. The molecule has 0 aromatic heterocycles. The molecule has 21 heavy (non-hydrogen) atoms. The van der Waals surface area contributed by atoms with E-state index in [4.69, 9.17) is 5.84 Å². The number of benzene rings is 1. The van der Waals surface area contributed by atoms with Gasteiger partial charge >= 0.3 is 0 Å². The lowest BCUT2D eigenvalue weighted by Gasteiger charge is -2.33. The van der Waals surface area contributed by atoms with Gasteiger partial charge in [-0.2, -0.15) is 0 Å². The molecule has 0 bridgehead atoms. The maximum absolute atomic E-state index is 13.8. The molecular weight excluding hydrogens is 293 g/mol. The van der Waals surface area contributed by atoms with Gasteiger partial charge in [0.05, 0.1) is 6.26 Å². The third-order valence-electron chi connectivity index (χ3n) is 4.00. The molecule has 0 amide bonds. The van der Waals surface area contributed by atoms with E-state index >= 15 is 0 Å². The summed E-state index contributed by atoms with van der Waals surface area (Å²) in [4.78, 5) is 0. The zero-order valence-electron chi connectivity index (χ0n) is 12.1. The van der Waals surface area contributed by atoms with Crippen molar-refractivity contribution in [1.29, 1.82) is 0 Å². The molecule has 0 radical (unpaired) electrons. The Labute approximate surface area is 125 Å². The Bertz CT molecular complexity index is 579. The van der Waals surface area contributed by atoms with Gasteiger partial charge in [-0.3, -0.25) is 11.3 Å². The van der Waals surface area contributed by atoms with Gasteiger partial charge in [0.25, 0.3) is 0 Å². The Morgan fingerprint density at radius 3 is 2.81 bits per heavy atom. The van der Waals surface area contributed by atoms with E-state index in [9.17, 15) is 12.8 Å². The lowest BCUT2D eigenvalue weighted by Crippen LogP contribution is -2.41. The summed E-state index contributed by atoms with van der Waals surface area (Å²) in [6, 6.07) is 6.21. The predicted molar refractivity (Wildman–Crippen MR) is 80.2 cm³/mol. The summed E-state index contributed by atoms with van der Waals surface area (Å²) in [5, 5.41) is 0. The van der Waals surface area contributed by atoms with Gasteiger partial charge in [0.15, 0.2) is 0 Å². The van der Waals surface area contributed by atoms with Crippen LogP contribution in [0, 0.1) is 11.7 Å². The number of halogens is 1. The normalized spacial score (nSPS) is 22.1. The first kappa shape index (κ1) is 16.4. The summed E-state index contributed by atoms with van der Waals surface area (Å²) in [5.41, 5.74) is 3.18. The van der Waals surface area contributed by atoms with Crippen molar-refractivity contribution in [3.05, 3.63) is 35.6 Å². The highest BCUT2D eigenvalue weighted by Crippen LogP contribution is 2.29. The van der Waals surface area contributed by atoms with Gasteiger partial charge in [0.1, 0.15) is 5.82 Å². The van der Waals surface area contributed by atoms with Crippen LogP contribution in [0.2, 0.25) is 0 Å². The number of hydrazine groups is 1. The van der Waals surface area contributed by atoms with Crippen LogP contribution in [-0.2, 0) is 10.0 Å². The zero-order valence-corrected chi connectivity index (χ0v) is 12.9. The molecule has 1 saturated heterocycles. The number of piperidine rings is 1. The summed E-state index contributed by atoms with van der Waals surface area (Å²) in [5.74, 6) is 5.44. The molecule has 0 spiro atoms. The van der Waals surface area contributed by atoms with Crippen molar-refractivity contribution in [2.24, 2.45) is 11.8 Å².